The number of rotatable bonds is 5. The minimum absolute atomic E-state index is 0.0460. The Bertz CT molecular complexity index is 1400. The van der Waals surface area contributed by atoms with Gasteiger partial charge >= 0.3 is 5.69 Å². The molecule has 0 aliphatic rings. The first-order valence-electron chi connectivity index (χ1n) is 9.17. The molecule has 1 aromatic carbocycles. The van der Waals surface area contributed by atoms with Gasteiger partial charge in [-0.3, -0.25) is 23.7 Å². The van der Waals surface area contributed by atoms with Gasteiger partial charge in [0.05, 0.1) is 28.5 Å². The zero-order valence-corrected chi connectivity index (χ0v) is 17.5. The molecule has 1 amide bonds. The number of anilines is 1. The molecule has 0 radical (unpaired) electrons. The van der Waals surface area contributed by atoms with Gasteiger partial charge in [-0.1, -0.05) is 29.3 Å². The molecule has 0 saturated carbocycles. The lowest BCUT2D eigenvalue weighted by Gasteiger charge is -2.14. The van der Waals surface area contributed by atoms with Crippen molar-refractivity contribution in [2.24, 2.45) is 0 Å². The van der Waals surface area contributed by atoms with Gasteiger partial charge in [0.2, 0.25) is 5.91 Å². The standard InChI is InChI=1S/C21H15Cl2N5O3/c22-13-6-7-16(15(23)10-13)26-18(29)12-27-17-5-3-9-25-19(17)20(30)28(21(27)31)11-14-4-1-2-8-24-14/h1-10H,11-12H2,(H,26,29). The van der Waals surface area contributed by atoms with E-state index in [1.807, 2.05) is 0 Å². The largest absolute Gasteiger partial charge is 0.332 e. The van der Waals surface area contributed by atoms with Gasteiger partial charge in [-0.15, -0.1) is 0 Å². The SMILES string of the molecule is O=C(Cn1c(=O)n(Cc2ccccn2)c(=O)c2ncccc21)Nc1ccc(Cl)cc1Cl. The summed E-state index contributed by atoms with van der Waals surface area (Å²) in [6.45, 7) is -0.391. The number of nitrogens with zero attached hydrogens (tertiary/aromatic N) is 4. The lowest BCUT2D eigenvalue weighted by molar-refractivity contribution is -0.116. The number of fused-ring (bicyclic) bond motifs is 1. The van der Waals surface area contributed by atoms with Crippen LogP contribution in [-0.4, -0.2) is 25.0 Å². The molecule has 31 heavy (non-hydrogen) atoms. The Labute approximate surface area is 185 Å². The molecule has 1 N–H and O–H groups in total. The van der Waals surface area contributed by atoms with E-state index in [4.69, 9.17) is 23.2 Å². The van der Waals surface area contributed by atoms with Crippen molar-refractivity contribution in [3.63, 3.8) is 0 Å². The number of halogens is 2. The lowest BCUT2D eigenvalue weighted by atomic mass is 10.3. The van der Waals surface area contributed by atoms with E-state index in [2.05, 4.69) is 15.3 Å². The Balaban J connectivity index is 1.75. The highest BCUT2D eigenvalue weighted by Gasteiger charge is 2.17. The summed E-state index contributed by atoms with van der Waals surface area (Å²) in [4.78, 5) is 47.0. The average Bonchev–Trinajstić information content (AvgIpc) is 2.77. The lowest BCUT2D eigenvalue weighted by Crippen LogP contribution is -2.42. The molecule has 4 aromatic rings. The molecule has 156 valence electrons. The van der Waals surface area contributed by atoms with Crippen molar-refractivity contribution in [1.29, 1.82) is 0 Å². The maximum absolute atomic E-state index is 13.2. The highest BCUT2D eigenvalue weighted by molar-refractivity contribution is 6.36. The third kappa shape index (κ3) is 4.35. The molecule has 3 aromatic heterocycles. The number of carbonyl (C=O) groups is 1. The monoisotopic (exact) mass is 455 g/mol. The minimum Gasteiger partial charge on any atom is -0.323 e. The summed E-state index contributed by atoms with van der Waals surface area (Å²) in [6.07, 6.45) is 3.03. The van der Waals surface area contributed by atoms with Crippen LogP contribution in [0.3, 0.4) is 0 Å². The Kier molecular flexibility index (Phi) is 5.83. The van der Waals surface area contributed by atoms with Crippen molar-refractivity contribution in [2.45, 2.75) is 13.1 Å². The van der Waals surface area contributed by atoms with E-state index in [0.29, 0.717) is 16.4 Å². The molecule has 0 saturated heterocycles. The Morgan fingerprint density at radius 3 is 2.52 bits per heavy atom. The summed E-state index contributed by atoms with van der Waals surface area (Å²) >= 11 is 12.0. The zero-order valence-electron chi connectivity index (χ0n) is 16.0. The van der Waals surface area contributed by atoms with Crippen molar-refractivity contribution in [1.82, 2.24) is 19.1 Å². The first-order chi connectivity index (χ1) is 14.9. The summed E-state index contributed by atoms with van der Waals surface area (Å²) in [5.41, 5.74) is 0.0222. The molecule has 0 aliphatic heterocycles. The van der Waals surface area contributed by atoms with Crippen LogP contribution in [0.25, 0.3) is 11.0 Å². The minimum atomic E-state index is -0.645. The smallest absolute Gasteiger partial charge is 0.323 e. The van der Waals surface area contributed by atoms with Gasteiger partial charge in [-0.05, 0) is 42.5 Å². The van der Waals surface area contributed by atoms with Crippen molar-refractivity contribution in [3.8, 4) is 0 Å². The van der Waals surface area contributed by atoms with E-state index in [0.717, 1.165) is 4.57 Å². The van der Waals surface area contributed by atoms with Crippen molar-refractivity contribution in [2.75, 3.05) is 5.32 Å². The third-order valence-electron chi connectivity index (χ3n) is 4.54. The van der Waals surface area contributed by atoms with Crippen LogP contribution in [0.5, 0.6) is 0 Å². The summed E-state index contributed by atoms with van der Waals surface area (Å²) in [7, 11) is 0. The van der Waals surface area contributed by atoms with Crippen LogP contribution in [0.2, 0.25) is 10.0 Å². The highest BCUT2D eigenvalue weighted by atomic mass is 35.5. The summed E-state index contributed by atoms with van der Waals surface area (Å²) in [5, 5.41) is 3.34. The molecule has 0 bridgehead atoms. The van der Waals surface area contributed by atoms with Gasteiger partial charge in [0.1, 0.15) is 6.54 Å². The Morgan fingerprint density at radius 1 is 0.968 bits per heavy atom. The normalized spacial score (nSPS) is 10.9. The number of hydrogen-bond donors (Lipinski definition) is 1. The van der Waals surface area contributed by atoms with Crippen LogP contribution < -0.4 is 16.6 Å². The molecular formula is C21H15Cl2N5O3. The number of hydrogen-bond acceptors (Lipinski definition) is 5. The van der Waals surface area contributed by atoms with E-state index < -0.39 is 17.2 Å². The molecule has 8 nitrogen and oxygen atoms in total. The summed E-state index contributed by atoms with van der Waals surface area (Å²) in [6, 6.07) is 13.0. The molecule has 4 rings (SSSR count). The summed E-state index contributed by atoms with van der Waals surface area (Å²) in [5.74, 6) is -0.500. The van der Waals surface area contributed by atoms with Gasteiger partial charge < -0.3 is 5.32 Å². The van der Waals surface area contributed by atoms with E-state index in [1.54, 1.807) is 48.7 Å². The van der Waals surface area contributed by atoms with Gasteiger partial charge in [0.15, 0.2) is 5.52 Å². The molecule has 0 atom stereocenters. The van der Waals surface area contributed by atoms with Gasteiger partial charge in [0, 0.05) is 17.4 Å². The summed E-state index contributed by atoms with van der Waals surface area (Å²) < 4.78 is 2.21. The molecule has 10 heteroatoms. The highest BCUT2D eigenvalue weighted by Crippen LogP contribution is 2.25. The number of benzene rings is 1. The van der Waals surface area contributed by atoms with Crippen LogP contribution >= 0.6 is 23.2 Å². The maximum Gasteiger partial charge on any atom is 0.332 e. The fourth-order valence-corrected chi connectivity index (χ4v) is 3.57. The van der Waals surface area contributed by atoms with Crippen LogP contribution in [0.15, 0.2) is 70.5 Å². The number of amides is 1. The van der Waals surface area contributed by atoms with Gasteiger partial charge in [0.25, 0.3) is 5.56 Å². The van der Waals surface area contributed by atoms with Gasteiger partial charge in [-0.25, -0.2) is 9.78 Å². The molecule has 0 fully saturated rings. The van der Waals surface area contributed by atoms with E-state index in [9.17, 15) is 14.4 Å². The number of nitrogens with one attached hydrogen (secondary N) is 1. The van der Waals surface area contributed by atoms with Crippen LogP contribution in [0, 0.1) is 0 Å². The number of aromatic nitrogens is 4. The maximum atomic E-state index is 13.2. The first kappa shape index (κ1) is 20.8. The Morgan fingerprint density at radius 2 is 1.77 bits per heavy atom. The second-order valence-electron chi connectivity index (χ2n) is 6.62. The molecule has 3 heterocycles. The first-order valence-corrected chi connectivity index (χ1v) is 9.93. The van der Waals surface area contributed by atoms with Crippen LogP contribution in [-0.2, 0) is 17.9 Å². The number of carbonyl (C=O) groups excluding carboxylic acids is 1. The molecule has 0 aliphatic carbocycles. The predicted molar refractivity (Wildman–Crippen MR) is 119 cm³/mol. The topological polar surface area (TPSA) is 98.9 Å². The average molecular weight is 456 g/mol. The third-order valence-corrected chi connectivity index (χ3v) is 5.09. The second-order valence-corrected chi connectivity index (χ2v) is 7.47. The van der Waals surface area contributed by atoms with Crippen molar-refractivity contribution >= 4 is 45.8 Å². The molecular weight excluding hydrogens is 441 g/mol. The van der Waals surface area contributed by atoms with Crippen molar-refractivity contribution in [3.05, 3.63) is 97.5 Å². The van der Waals surface area contributed by atoms with E-state index in [1.165, 1.54) is 16.8 Å². The Hall–Kier alpha value is -3.49. The second kappa shape index (κ2) is 8.71. The molecule has 0 unspecified atom stereocenters. The van der Waals surface area contributed by atoms with Crippen molar-refractivity contribution < 1.29 is 4.79 Å². The number of pyridine rings is 2. The predicted octanol–water partition coefficient (Wildman–Crippen LogP) is 2.95. The zero-order chi connectivity index (χ0) is 22.0. The van der Waals surface area contributed by atoms with E-state index >= 15 is 0 Å². The van der Waals surface area contributed by atoms with Crippen LogP contribution in [0.4, 0.5) is 5.69 Å². The van der Waals surface area contributed by atoms with E-state index in [-0.39, 0.29) is 29.1 Å². The fraction of sp³-hybridized carbons (Fsp3) is 0.0952. The molecule has 0 spiro atoms. The van der Waals surface area contributed by atoms with Crippen LogP contribution in [0.1, 0.15) is 5.69 Å². The quantitative estimate of drug-likeness (QED) is 0.498. The fourth-order valence-electron chi connectivity index (χ4n) is 3.11. The van der Waals surface area contributed by atoms with Gasteiger partial charge in [-0.2, -0.15) is 0 Å².